The zero-order chi connectivity index (χ0) is 23.2. The Hall–Kier alpha value is -3.34. The molecule has 3 heterocycles. The molecule has 1 saturated heterocycles. The second-order valence-corrected chi connectivity index (χ2v) is 8.48. The van der Waals surface area contributed by atoms with E-state index < -0.39 is 29.3 Å². The summed E-state index contributed by atoms with van der Waals surface area (Å²) in [6, 6.07) is 12.9. The number of nitrogens with zero attached hydrogens (tertiary/aromatic N) is 4. The van der Waals surface area contributed by atoms with Crippen LogP contribution >= 0.6 is 0 Å². The first-order chi connectivity index (χ1) is 15.9. The van der Waals surface area contributed by atoms with E-state index in [1.54, 1.807) is 12.1 Å². The van der Waals surface area contributed by atoms with E-state index in [0.717, 1.165) is 5.56 Å². The molecule has 33 heavy (non-hydrogen) atoms. The van der Waals surface area contributed by atoms with Crippen molar-refractivity contribution in [3.8, 4) is 0 Å². The van der Waals surface area contributed by atoms with Gasteiger partial charge in [-0.3, -0.25) is 9.79 Å². The lowest BCUT2D eigenvalue weighted by atomic mass is 9.92. The van der Waals surface area contributed by atoms with Crippen LogP contribution in [0.5, 0.6) is 0 Å². The first-order valence-corrected chi connectivity index (χ1v) is 10.7. The number of benzene rings is 1. The standard InChI is InChI=1S/C23H25N5O5/c1-25-12-23(17-8-7-15-20(24)26-13-27-28(15)17)19(30)18(29)16(33-23)11-32-21(31)22(9-10-22)14-5-3-2-4-6-14/h2-8,12-13,16,18-19,29-30H,9-11H2,1H3,(H2,24,26,27)/b25-12-/t16-,18-,19-,23+/m1/s1. The summed E-state index contributed by atoms with van der Waals surface area (Å²) in [5.74, 6) is -0.108. The van der Waals surface area contributed by atoms with Gasteiger partial charge in [0, 0.05) is 13.3 Å². The Balaban J connectivity index is 1.40. The van der Waals surface area contributed by atoms with Crippen molar-refractivity contribution in [1.82, 2.24) is 14.6 Å². The van der Waals surface area contributed by atoms with Gasteiger partial charge in [0.25, 0.3) is 0 Å². The fourth-order valence-corrected chi connectivity index (χ4v) is 4.59. The highest BCUT2D eigenvalue weighted by molar-refractivity contribution is 5.86. The number of hydrogen-bond donors (Lipinski definition) is 3. The number of carbonyl (C=O) groups is 1. The molecule has 10 nitrogen and oxygen atoms in total. The van der Waals surface area contributed by atoms with Crippen LogP contribution in [0.25, 0.3) is 5.52 Å². The van der Waals surface area contributed by atoms with Gasteiger partial charge in [-0.15, -0.1) is 0 Å². The number of esters is 1. The van der Waals surface area contributed by atoms with Gasteiger partial charge in [-0.1, -0.05) is 30.3 Å². The number of anilines is 1. The van der Waals surface area contributed by atoms with Crippen LogP contribution in [-0.2, 0) is 25.3 Å². The second-order valence-electron chi connectivity index (χ2n) is 8.48. The number of nitrogen functional groups attached to an aromatic ring is 1. The third-order valence-electron chi connectivity index (χ3n) is 6.54. The normalized spacial score (nSPS) is 28.4. The molecule has 2 aliphatic rings. The topological polar surface area (TPSA) is 145 Å². The number of nitrogens with two attached hydrogens (primary N) is 1. The number of aromatic nitrogens is 3. The SMILES string of the molecule is C/N=C\[C@@]1(c2ccc3c(N)ncnn23)O[C@H](COC(=O)C2(c3ccccc3)CC2)[C@@H](O)[C@H]1O. The molecule has 1 aliphatic carbocycles. The Morgan fingerprint density at radius 1 is 1.30 bits per heavy atom. The molecule has 1 saturated carbocycles. The fourth-order valence-electron chi connectivity index (χ4n) is 4.59. The lowest BCUT2D eigenvalue weighted by molar-refractivity contribution is -0.153. The molecule has 3 aromatic rings. The third-order valence-corrected chi connectivity index (χ3v) is 6.54. The van der Waals surface area contributed by atoms with E-state index in [0.29, 0.717) is 24.1 Å². The molecule has 0 radical (unpaired) electrons. The van der Waals surface area contributed by atoms with Crippen molar-refractivity contribution in [1.29, 1.82) is 0 Å². The number of ether oxygens (including phenoxy) is 2. The molecular weight excluding hydrogens is 426 g/mol. The highest BCUT2D eigenvalue weighted by Crippen LogP contribution is 2.49. The number of aliphatic hydroxyl groups is 2. The van der Waals surface area contributed by atoms with Crippen molar-refractivity contribution in [3.05, 3.63) is 60.0 Å². The average Bonchev–Trinajstić information content (AvgIpc) is 3.47. The Labute approximate surface area is 189 Å². The Kier molecular flexibility index (Phi) is 5.15. The van der Waals surface area contributed by atoms with Gasteiger partial charge in [-0.2, -0.15) is 5.10 Å². The molecule has 1 aliphatic heterocycles. The van der Waals surface area contributed by atoms with Crippen molar-refractivity contribution in [3.63, 3.8) is 0 Å². The van der Waals surface area contributed by atoms with E-state index in [2.05, 4.69) is 15.1 Å². The van der Waals surface area contributed by atoms with Crippen LogP contribution in [0.15, 0.2) is 53.8 Å². The van der Waals surface area contributed by atoms with Crippen LogP contribution in [0.3, 0.4) is 0 Å². The van der Waals surface area contributed by atoms with Crippen LogP contribution in [0.2, 0.25) is 0 Å². The van der Waals surface area contributed by atoms with E-state index in [9.17, 15) is 15.0 Å². The summed E-state index contributed by atoms with van der Waals surface area (Å²) in [6.07, 6.45) is 0.425. The minimum atomic E-state index is -1.52. The third kappa shape index (κ3) is 3.29. The number of fused-ring (bicyclic) bond motifs is 1. The lowest BCUT2D eigenvalue weighted by Gasteiger charge is -2.27. The summed E-state index contributed by atoms with van der Waals surface area (Å²) >= 11 is 0. The average molecular weight is 451 g/mol. The maximum absolute atomic E-state index is 12.9. The minimum Gasteiger partial charge on any atom is -0.462 e. The second kappa shape index (κ2) is 7.91. The van der Waals surface area contributed by atoms with Crippen molar-refractivity contribution in [2.24, 2.45) is 4.99 Å². The van der Waals surface area contributed by atoms with Crippen LogP contribution in [-0.4, -0.2) is 69.0 Å². The van der Waals surface area contributed by atoms with Crippen molar-refractivity contribution < 1.29 is 24.5 Å². The number of carbonyl (C=O) groups excluding carboxylic acids is 1. The molecule has 2 fully saturated rings. The van der Waals surface area contributed by atoms with Gasteiger partial charge >= 0.3 is 5.97 Å². The predicted octanol–water partition coefficient (Wildman–Crippen LogP) is 0.603. The molecule has 4 atom stereocenters. The molecule has 0 unspecified atom stereocenters. The van der Waals surface area contributed by atoms with Crippen molar-refractivity contribution in [2.75, 3.05) is 19.4 Å². The highest BCUT2D eigenvalue weighted by Gasteiger charge is 2.57. The van der Waals surface area contributed by atoms with E-state index in [1.165, 1.54) is 24.1 Å². The minimum absolute atomic E-state index is 0.217. The van der Waals surface area contributed by atoms with E-state index in [-0.39, 0.29) is 18.4 Å². The molecule has 2 aromatic heterocycles. The number of hydrogen-bond acceptors (Lipinski definition) is 9. The smallest absolute Gasteiger partial charge is 0.316 e. The molecular formula is C23H25N5O5. The van der Waals surface area contributed by atoms with Gasteiger partial charge in [-0.25, -0.2) is 9.50 Å². The zero-order valence-corrected chi connectivity index (χ0v) is 18.0. The molecule has 5 rings (SSSR count). The quantitative estimate of drug-likeness (QED) is 0.365. The molecule has 0 bridgehead atoms. The molecule has 0 spiro atoms. The van der Waals surface area contributed by atoms with Gasteiger partial charge in [-0.05, 0) is 30.5 Å². The largest absolute Gasteiger partial charge is 0.462 e. The molecule has 172 valence electrons. The summed E-state index contributed by atoms with van der Waals surface area (Å²) in [7, 11) is 1.54. The number of aliphatic hydroxyl groups excluding tert-OH is 2. The summed E-state index contributed by atoms with van der Waals surface area (Å²) in [5.41, 5.74) is 5.61. The molecule has 0 amide bonds. The van der Waals surface area contributed by atoms with Gasteiger partial charge in [0.1, 0.15) is 36.8 Å². The van der Waals surface area contributed by atoms with E-state index in [4.69, 9.17) is 15.2 Å². The van der Waals surface area contributed by atoms with Crippen molar-refractivity contribution >= 4 is 23.5 Å². The fraction of sp³-hybridized carbons (Fsp3) is 0.391. The maximum Gasteiger partial charge on any atom is 0.316 e. The van der Waals surface area contributed by atoms with Crippen LogP contribution in [0.4, 0.5) is 5.82 Å². The molecule has 4 N–H and O–H groups in total. The zero-order valence-electron chi connectivity index (χ0n) is 18.0. The summed E-state index contributed by atoms with van der Waals surface area (Å²) in [4.78, 5) is 20.9. The lowest BCUT2D eigenvalue weighted by Crippen LogP contribution is -2.43. The first kappa shape index (κ1) is 21.5. The number of rotatable bonds is 6. The Morgan fingerprint density at radius 2 is 2.06 bits per heavy atom. The van der Waals surface area contributed by atoms with Gasteiger partial charge in [0.2, 0.25) is 0 Å². The monoisotopic (exact) mass is 451 g/mol. The molecule has 10 heteroatoms. The molecule has 1 aromatic carbocycles. The van der Waals surface area contributed by atoms with Crippen molar-refractivity contribution in [2.45, 2.75) is 42.2 Å². The summed E-state index contributed by atoms with van der Waals surface area (Å²) < 4.78 is 13.2. The van der Waals surface area contributed by atoms with Crippen LogP contribution in [0.1, 0.15) is 24.1 Å². The maximum atomic E-state index is 12.9. The van der Waals surface area contributed by atoms with Crippen LogP contribution in [0, 0.1) is 0 Å². The predicted molar refractivity (Wildman–Crippen MR) is 119 cm³/mol. The summed E-state index contributed by atoms with van der Waals surface area (Å²) in [5, 5.41) is 26.0. The number of aliphatic imine (C=N–C) groups is 1. The van der Waals surface area contributed by atoms with E-state index >= 15 is 0 Å². The Bertz CT molecular complexity index is 1210. The highest BCUT2D eigenvalue weighted by atomic mass is 16.6. The van der Waals surface area contributed by atoms with Crippen LogP contribution < -0.4 is 5.73 Å². The van der Waals surface area contributed by atoms with Gasteiger partial charge in [0.15, 0.2) is 11.4 Å². The van der Waals surface area contributed by atoms with E-state index in [1.807, 2.05) is 30.3 Å². The van der Waals surface area contributed by atoms with Gasteiger partial charge in [0.05, 0.1) is 11.1 Å². The first-order valence-electron chi connectivity index (χ1n) is 10.7. The Morgan fingerprint density at radius 3 is 2.76 bits per heavy atom. The summed E-state index contributed by atoms with van der Waals surface area (Å²) in [6.45, 7) is -0.217. The van der Waals surface area contributed by atoms with Gasteiger partial charge < -0.3 is 25.4 Å².